The number of hydrogen-bond donors (Lipinski definition) is 2. The van der Waals surface area contributed by atoms with Crippen LogP contribution in [0.1, 0.15) is 10.4 Å². The largest absolute Gasteiger partial charge is 0.508 e. The highest BCUT2D eigenvalue weighted by atomic mass is 19.1. The highest BCUT2D eigenvalue weighted by Gasteiger charge is 2.24. The van der Waals surface area contributed by atoms with Gasteiger partial charge in [-0.3, -0.25) is 9.59 Å². The first-order valence-electron chi connectivity index (χ1n) is 5.12. The Kier molecular flexibility index (Phi) is 2.95. The van der Waals surface area contributed by atoms with Crippen molar-refractivity contribution in [3.8, 4) is 5.75 Å². The summed E-state index contributed by atoms with van der Waals surface area (Å²) in [7, 11) is 0. The van der Waals surface area contributed by atoms with Gasteiger partial charge in [0.05, 0.1) is 12.1 Å². The number of phenolic OH excluding ortho intramolecular Hbond substituents is 1. The lowest BCUT2D eigenvalue weighted by atomic mass is 10.1. The molecule has 0 atom stereocenters. The Labute approximate surface area is 96.8 Å². The number of amides is 2. The van der Waals surface area contributed by atoms with E-state index in [4.69, 9.17) is 5.11 Å². The molecule has 0 saturated carbocycles. The number of nitrogens with zero attached hydrogens (tertiary/aromatic N) is 1. The van der Waals surface area contributed by atoms with E-state index >= 15 is 0 Å². The number of aromatic hydroxyl groups is 1. The minimum absolute atomic E-state index is 0.0703. The molecule has 1 fully saturated rings. The maximum Gasteiger partial charge on any atom is 0.257 e. The molecule has 0 spiro atoms. The highest BCUT2D eigenvalue weighted by Crippen LogP contribution is 2.17. The molecule has 2 rings (SSSR count). The second-order valence-electron chi connectivity index (χ2n) is 3.74. The van der Waals surface area contributed by atoms with Crippen molar-refractivity contribution in [3.05, 3.63) is 29.6 Å². The molecule has 1 aromatic carbocycles. The van der Waals surface area contributed by atoms with E-state index in [0.717, 1.165) is 6.07 Å². The fourth-order valence-electron chi connectivity index (χ4n) is 1.66. The van der Waals surface area contributed by atoms with Crippen LogP contribution in [0.3, 0.4) is 0 Å². The zero-order valence-corrected chi connectivity index (χ0v) is 8.94. The van der Waals surface area contributed by atoms with Gasteiger partial charge in [-0.2, -0.15) is 0 Å². The van der Waals surface area contributed by atoms with Gasteiger partial charge in [0.2, 0.25) is 5.91 Å². The lowest BCUT2D eigenvalue weighted by Gasteiger charge is -2.26. The monoisotopic (exact) mass is 238 g/mol. The van der Waals surface area contributed by atoms with E-state index in [1.807, 2.05) is 0 Å². The number of hydrogen-bond acceptors (Lipinski definition) is 3. The maximum atomic E-state index is 13.4. The van der Waals surface area contributed by atoms with Gasteiger partial charge in [-0.1, -0.05) is 0 Å². The molecule has 6 heteroatoms. The smallest absolute Gasteiger partial charge is 0.257 e. The summed E-state index contributed by atoms with van der Waals surface area (Å²) in [6.07, 6.45) is 0. The van der Waals surface area contributed by atoms with Crippen LogP contribution in [0.2, 0.25) is 0 Å². The van der Waals surface area contributed by atoms with Gasteiger partial charge >= 0.3 is 0 Å². The molecule has 1 aromatic rings. The molecular formula is C11H11FN2O3. The quantitative estimate of drug-likeness (QED) is 0.729. The molecule has 0 aromatic heterocycles. The molecular weight excluding hydrogens is 227 g/mol. The van der Waals surface area contributed by atoms with Gasteiger partial charge in [-0.05, 0) is 12.1 Å². The molecule has 0 bridgehead atoms. The van der Waals surface area contributed by atoms with Crippen molar-refractivity contribution in [1.82, 2.24) is 10.2 Å². The normalized spacial score (nSPS) is 15.6. The van der Waals surface area contributed by atoms with Crippen LogP contribution in [-0.2, 0) is 4.79 Å². The summed E-state index contributed by atoms with van der Waals surface area (Å²) in [4.78, 5) is 24.3. The minimum atomic E-state index is -0.791. The third-order valence-electron chi connectivity index (χ3n) is 2.51. The molecule has 0 unspecified atom stereocenters. The standard InChI is InChI=1S/C11H11FN2O3/c12-9-5-7(15)1-2-8(9)11(17)14-4-3-13-10(16)6-14/h1-2,5,15H,3-4,6H2,(H,13,16). The van der Waals surface area contributed by atoms with Crippen LogP contribution in [0.25, 0.3) is 0 Å². The first-order chi connectivity index (χ1) is 8.08. The fourth-order valence-corrected chi connectivity index (χ4v) is 1.66. The molecule has 1 aliphatic rings. The summed E-state index contributed by atoms with van der Waals surface area (Å²) in [5.74, 6) is -1.84. The van der Waals surface area contributed by atoms with Gasteiger partial charge in [0.15, 0.2) is 0 Å². The first kappa shape index (κ1) is 11.4. The molecule has 0 aliphatic carbocycles. The van der Waals surface area contributed by atoms with Crippen LogP contribution < -0.4 is 5.32 Å². The SMILES string of the molecule is O=C1CN(C(=O)c2ccc(O)cc2F)CCN1. The molecule has 17 heavy (non-hydrogen) atoms. The number of nitrogens with one attached hydrogen (secondary N) is 1. The Balaban J connectivity index is 2.21. The van der Waals surface area contributed by atoms with E-state index < -0.39 is 11.7 Å². The second kappa shape index (κ2) is 4.40. The Bertz CT molecular complexity index is 476. The number of carbonyl (C=O) groups is 2. The van der Waals surface area contributed by atoms with Crippen molar-refractivity contribution in [2.75, 3.05) is 19.6 Å². The van der Waals surface area contributed by atoms with Gasteiger partial charge in [0.25, 0.3) is 5.91 Å². The van der Waals surface area contributed by atoms with Crippen LogP contribution in [0.15, 0.2) is 18.2 Å². The van der Waals surface area contributed by atoms with E-state index in [2.05, 4.69) is 5.32 Å². The number of rotatable bonds is 1. The lowest BCUT2D eigenvalue weighted by molar-refractivity contribution is -0.123. The summed E-state index contributed by atoms with van der Waals surface area (Å²) in [5.41, 5.74) is -0.141. The van der Waals surface area contributed by atoms with Crippen LogP contribution in [0.4, 0.5) is 4.39 Å². The van der Waals surface area contributed by atoms with Gasteiger partial charge in [-0.15, -0.1) is 0 Å². The average molecular weight is 238 g/mol. The molecule has 2 N–H and O–H groups in total. The van der Waals surface area contributed by atoms with E-state index in [-0.39, 0.29) is 23.8 Å². The zero-order valence-electron chi connectivity index (χ0n) is 8.94. The van der Waals surface area contributed by atoms with E-state index in [9.17, 15) is 14.0 Å². The third kappa shape index (κ3) is 2.35. The molecule has 90 valence electrons. The molecule has 5 nitrogen and oxygen atoms in total. The molecule has 0 radical (unpaired) electrons. The number of benzene rings is 1. The van der Waals surface area contributed by atoms with Crippen molar-refractivity contribution < 1.29 is 19.1 Å². The van der Waals surface area contributed by atoms with Gasteiger partial charge in [-0.25, -0.2) is 4.39 Å². The number of phenols is 1. The van der Waals surface area contributed by atoms with E-state index in [1.54, 1.807) is 0 Å². The predicted molar refractivity (Wildman–Crippen MR) is 57.0 cm³/mol. The summed E-state index contributed by atoms with van der Waals surface area (Å²) >= 11 is 0. The van der Waals surface area contributed by atoms with Crippen molar-refractivity contribution >= 4 is 11.8 Å². The van der Waals surface area contributed by atoms with Gasteiger partial charge in [0.1, 0.15) is 11.6 Å². The van der Waals surface area contributed by atoms with Gasteiger partial charge < -0.3 is 15.3 Å². The van der Waals surface area contributed by atoms with Crippen LogP contribution in [0, 0.1) is 5.82 Å². The molecule has 1 aliphatic heterocycles. The maximum absolute atomic E-state index is 13.4. The third-order valence-corrected chi connectivity index (χ3v) is 2.51. The summed E-state index contributed by atoms with van der Waals surface area (Å²) in [6.45, 7) is 0.647. The number of carbonyl (C=O) groups excluding carboxylic acids is 2. The van der Waals surface area contributed by atoms with Crippen molar-refractivity contribution in [2.45, 2.75) is 0 Å². The lowest BCUT2D eigenvalue weighted by Crippen LogP contribution is -2.50. The Hall–Kier alpha value is -2.11. The zero-order chi connectivity index (χ0) is 12.4. The van der Waals surface area contributed by atoms with Crippen molar-refractivity contribution in [2.24, 2.45) is 0 Å². The molecule has 2 amide bonds. The Morgan fingerprint density at radius 3 is 2.88 bits per heavy atom. The summed E-state index contributed by atoms with van der Waals surface area (Å²) < 4.78 is 13.4. The number of halogens is 1. The van der Waals surface area contributed by atoms with Crippen molar-refractivity contribution in [1.29, 1.82) is 0 Å². The first-order valence-corrected chi connectivity index (χ1v) is 5.12. The summed E-state index contributed by atoms with van der Waals surface area (Å²) in [5, 5.41) is 11.6. The Morgan fingerprint density at radius 2 is 2.24 bits per heavy atom. The molecule has 1 heterocycles. The van der Waals surface area contributed by atoms with E-state index in [0.29, 0.717) is 13.1 Å². The highest BCUT2D eigenvalue weighted by molar-refractivity contribution is 5.97. The second-order valence-corrected chi connectivity index (χ2v) is 3.74. The van der Waals surface area contributed by atoms with Gasteiger partial charge in [0, 0.05) is 19.2 Å². The van der Waals surface area contributed by atoms with Crippen LogP contribution >= 0.6 is 0 Å². The van der Waals surface area contributed by atoms with Crippen LogP contribution in [-0.4, -0.2) is 41.5 Å². The minimum Gasteiger partial charge on any atom is -0.508 e. The average Bonchev–Trinajstić information content (AvgIpc) is 2.28. The summed E-state index contributed by atoms with van der Waals surface area (Å²) in [6, 6.07) is 3.32. The Morgan fingerprint density at radius 1 is 1.47 bits per heavy atom. The molecule has 1 saturated heterocycles. The number of piperazine rings is 1. The predicted octanol–water partition coefficient (Wildman–Crippen LogP) is 0.103. The fraction of sp³-hybridized carbons (Fsp3) is 0.273. The topological polar surface area (TPSA) is 69.6 Å². The van der Waals surface area contributed by atoms with Crippen LogP contribution in [0.5, 0.6) is 5.75 Å². The van der Waals surface area contributed by atoms with Crippen molar-refractivity contribution in [3.63, 3.8) is 0 Å². The van der Waals surface area contributed by atoms with E-state index in [1.165, 1.54) is 17.0 Å².